The summed E-state index contributed by atoms with van der Waals surface area (Å²) in [7, 11) is 0. The average molecular weight is 377 g/mol. The second-order valence-corrected chi connectivity index (χ2v) is 7.04. The number of nitrogens with one attached hydrogen (secondary N) is 1. The van der Waals surface area contributed by atoms with Crippen LogP contribution in [0.25, 0.3) is 0 Å². The van der Waals surface area contributed by atoms with Crippen molar-refractivity contribution in [3.8, 4) is 0 Å². The maximum Gasteiger partial charge on any atom is 0.227 e. The first-order valence-electron chi connectivity index (χ1n) is 9.55. The topological polar surface area (TPSA) is 44.3 Å². The summed E-state index contributed by atoms with van der Waals surface area (Å²) in [5, 5.41) is 3.38. The molecule has 0 aliphatic carbocycles. The SMILES string of the molecule is Cc1cccc(CNc2ccnc(N3CCN(c4ccc(F)cc4)CC3)n2)c1. The Morgan fingerprint density at radius 2 is 1.71 bits per heavy atom. The molecule has 2 heterocycles. The number of piperazine rings is 1. The highest BCUT2D eigenvalue weighted by Crippen LogP contribution is 2.19. The third-order valence-electron chi connectivity index (χ3n) is 4.95. The van der Waals surface area contributed by atoms with E-state index >= 15 is 0 Å². The van der Waals surface area contributed by atoms with Crippen LogP contribution in [0.3, 0.4) is 0 Å². The summed E-state index contributed by atoms with van der Waals surface area (Å²) >= 11 is 0. The molecule has 0 unspecified atom stereocenters. The summed E-state index contributed by atoms with van der Waals surface area (Å²) in [4.78, 5) is 13.6. The Kier molecular flexibility index (Phi) is 5.37. The minimum Gasteiger partial charge on any atom is -0.368 e. The largest absolute Gasteiger partial charge is 0.368 e. The van der Waals surface area contributed by atoms with Crippen LogP contribution < -0.4 is 15.1 Å². The van der Waals surface area contributed by atoms with Crippen molar-refractivity contribution in [1.29, 1.82) is 0 Å². The van der Waals surface area contributed by atoms with E-state index in [2.05, 4.69) is 56.3 Å². The van der Waals surface area contributed by atoms with E-state index in [0.29, 0.717) is 0 Å². The molecule has 28 heavy (non-hydrogen) atoms. The van der Waals surface area contributed by atoms with Gasteiger partial charge < -0.3 is 15.1 Å². The van der Waals surface area contributed by atoms with Gasteiger partial charge in [0.2, 0.25) is 5.95 Å². The molecule has 1 aliphatic rings. The molecule has 2 aromatic carbocycles. The van der Waals surface area contributed by atoms with Gasteiger partial charge in [-0.1, -0.05) is 29.8 Å². The highest BCUT2D eigenvalue weighted by Gasteiger charge is 2.19. The van der Waals surface area contributed by atoms with Gasteiger partial charge in [-0.15, -0.1) is 0 Å². The summed E-state index contributed by atoms with van der Waals surface area (Å²) in [6.45, 7) is 6.21. The lowest BCUT2D eigenvalue weighted by atomic mass is 10.1. The fraction of sp³-hybridized carbons (Fsp3) is 0.273. The minimum absolute atomic E-state index is 0.203. The van der Waals surface area contributed by atoms with Gasteiger partial charge in [0.25, 0.3) is 0 Å². The van der Waals surface area contributed by atoms with Crippen molar-refractivity contribution >= 4 is 17.5 Å². The van der Waals surface area contributed by atoms with E-state index in [1.54, 1.807) is 6.20 Å². The Morgan fingerprint density at radius 1 is 0.964 bits per heavy atom. The number of halogens is 1. The van der Waals surface area contributed by atoms with Crippen LogP contribution in [0.15, 0.2) is 60.8 Å². The Hall–Kier alpha value is -3.15. The fourth-order valence-corrected chi connectivity index (χ4v) is 3.43. The number of aryl methyl sites for hydroxylation is 1. The number of aromatic nitrogens is 2. The third kappa shape index (κ3) is 4.39. The Balaban J connectivity index is 1.36. The van der Waals surface area contributed by atoms with Crippen molar-refractivity contribution in [2.45, 2.75) is 13.5 Å². The lowest BCUT2D eigenvalue weighted by Gasteiger charge is -2.36. The standard InChI is InChI=1S/C22H24FN5/c1-17-3-2-4-18(15-17)16-25-21-9-10-24-22(26-21)28-13-11-27(12-14-28)20-7-5-19(23)6-8-20/h2-10,15H,11-14,16H2,1H3,(H,24,25,26). The molecule has 4 rings (SSSR count). The molecule has 1 aromatic heterocycles. The molecule has 0 spiro atoms. The van der Waals surface area contributed by atoms with Crippen LogP contribution in [0.2, 0.25) is 0 Å². The summed E-state index contributed by atoms with van der Waals surface area (Å²) in [6.07, 6.45) is 1.80. The van der Waals surface area contributed by atoms with Crippen molar-refractivity contribution in [3.05, 3.63) is 77.7 Å². The molecule has 1 saturated heterocycles. The molecule has 1 aliphatic heterocycles. The minimum atomic E-state index is -0.203. The van der Waals surface area contributed by atoms with Crippen LogP contribution in [-0.4, -0.2) is 36.1 Å². The molecule has 144 valence electrons. The predicted molar refractivity (Wildman–Crippen MR) is 111 cm³/mol. The molecule has 1 N–H and O–H groups in total. The number of nitrogens with zero attached hydrogens (tertiary/aromatic N) is 4. The summed E-state index contributed by atoms with van der Waals surface area (Å²) in [5.41, 5.74) is 3.53. The Labute approximate surface area is 164 Å². The zero-order valence-corrected chi connectivity index (χ0v) is 16.0. The number of hydrogen-bond acceptors (Lipinski definition) is 5. The molecule has 0 amide bonds. The van der Waals surface area contributed by atoms with Gasteiger partial charge in [-0.2, -0.15) is 4.98 Å². The molecule has 1 fully saturated rings. The van der Waals surface area contributed by atoms with Crippen LogP contribution in [0.1, 0.15) is 11.1 Å². The first kappa shape index (κ1) is 18.2. The maximum absolute atomic E-state index is 13.1. The Bertz CT molecular complexity index is 920. The van der Waals surface area contributed by atoms with Gasteiger partial charge >= 0.3 is 0 Å². The normalized spacial score (nSPS) is 14.2. The molecule has 0 atom stereocenters. The number of anilines is 3. The van der Waals surface area contributed by atoms with Gasteiger partial charge in [0, 0.05) is 44.6 Å². The van der Waals surface area contributed by atoms with Gasteiger partial charge in [0.05, 0.1) is 0 Å². The van der Waals surface area contributed by atoms with Gasteiger partial charge in [-0.05, 0) is 42.8 Å². The number of hydrogen-bond donors (Lipinski definition) is 1. The zero-order valence-electron chi connectivity index (χ0n) is 16.0. The van der Waals surface area contributed by atoms with Crippen LogP contribution in [0, 0.1) is 12.7 Å². The quantitative estimate of drug-likeness (QED) is 0.731. The molecule has 5 nitrogen and oxygen atoms in total. The summed E-state index contributed by atoms with van der Waals surface area (Å²) < 4.78 is 13.1. The van der Waals surface area contributed by atoms with Gasteiger partial charge in [0.15, 0.2) is 0 Å². The van der Waals surface area contributed by atoms with Crippen molar-refractivity contribution in [2.75, 3.05) is 41.3 Å². The monoisotopic (exact) mass is 377 g/mol. The molecule has 0 radical (unpaired) electrons. The predicted octanol–water partition coefficient (Wildman–Crippen LogP) is 3.86. The van der Waals surface area contributed by atoms with E-state index < -0.39 is 0 Å². The first-order chi connectivity index (χ1) is 13.7. The van der Waals surface area contributed by atoms with Gasteiger partial charge in [-0.3, -0.25) is 0 Å². The second kappa shape index (κ2) is 8.25. The molecular weight excluding hydrogens is 353 g/mol. The van der Waals surface area contributed by atoms with Crippen LogP contribution >= 0.6 is 0 Å². The zero-order chi connectivity index (χ0) is 19.3. The third-order valence-corrected chi connectivity index (χ3v) is 4.95. The van der Waals surface area contributed by atoms with Gasteiger partial charge in [-0.25, -0.2) is 9.37 Å². The highest BCUT2D eigenvalue weighted by molar-refractivity contribution is 5.49. The van der Waals surface area contributed by atoms with E-state index in [9.17, 15) is 4.39 Å². The number of rotatable bonds is 5. The number of benzene rings is 2. The lowest BCUT2D eigenvalue weighted by molar-refractivity contribution is 0.623. The molecular formula is C22H24FN5. The van der Waals surface area contributed by atoms with E-state index in [-0.39, 0.29) is 5.82 Å². The highest BCUT2D eigenvalue weighted by atomic mass is 19.1. The van der Waals surface area contributed by atoms with E-state index in [4.69, 9.17) is 0 Å². The average Bonchev–Trinajstić information content (AvgIpc) is 2.73. The van der Waals surface area contributed by atoms with Crippen molar-refractivity contribution in [1.82, 2.24) is 9.97 Å². The van der Waals surface area contributed by atoms with Crippen LogP contribution in [-0.2, 0) is 6.54 Å². The maximum atomic E-state index is 13.1. The van der Waals surface area contributed by atoms with Crippen molar-refractivity contribution in [2.24, 2.45) is 0 Å². The Morgan fingerprint density at radius 3 is 2.46 bits per heavy atom. The summed E-state index contributed by atoms with van der Waals surface area (Å²) in [6, 6.07) is 17.0. The lowest BCUT2D eigenvalue weighted by Crippen LogP contribution is -2.47. The smallest absolute Gasteiger partial charge is 0.227 e. The summed E-state index contributed by atoms with van der Waals surface area (Å²) in [5.74, 6) is 1.37. The molecule has 0 saturated carbocycles. The van der Waals surface area contributed by atoms with Crippen LogP contribution in [0.5, 0.6) is 0 Å². The van der Waals surface area contributed by atoms with Crippen LogP contribution in [0.4, 0.5) is 21.8 Å². The fourth-order valence-electron chi connectivity index (χ4n) is 3.43. The van der Waals surface area contributed by atoms with Crippen molar-refractivity contribution in [3.63, 3.8) is 0 Å². The molecule has 3 aromatic rings. The molecule has 0 bridgehead atoms. The van der Waals surface area contributed by atoms with Crippen molar-refractivity contribution < 1.29 is 4.39 Å². The second-order valence-electron chi connectivity index (χ2n) is 7.04. The van der Waals surface area contributed by atoms with E-state index in [1.807, 2.05) is 18.2 Å². The first-order valence-corrected chi connectivity index (χ1v) is 9.55. The van der Waals surface area contributed by atoms with E-state index in [1.165, 1.54) is 23.3 Å². The van der Waals surface area contributed by atoms with E-state index in [0.717, 1.165) is 50.2 Å². The van der Waals surface area contributed by atoms with Gasteiger partial charge in [0.1, 0.15) is 11.6 Å². The molecule has 6 heteroatoms.